The van der Waals surface area contributed by atoms with Crippen LogP contribution in [0.15, 0.2) is 194 Å². The fraction of sp³-hybridized carbons (Fsp3) is 0. The second-order valence-electron chi connectivity index (χ2n) is 14.0. The van der Waals surface area contributed by atoms with Crippen molar-refractivity contribution in [1.82, 2.24) is 9.55 Å². The van der Waals surface area contributed by atoms with E-state index in [9.17, 15) is 0 Å². The van der Waals surface area contributed by atoms with Gasteiger partial charge in [0.25, 0.3) is 0 Å². The maximum Gasteiger partial charge on any atom is 0.0788 e. The second kappa shape index (κ2) is 11.8. The van der Waals surface area contributed by atoms with Crippen molar-refractivity contribution in [2.24, 2.45) is 0 Å². The molecule has 0 aliphatic carbocycles. The molecule has 0 spiro atoms. The Morgan fingerprint density at radius 2 is 0.887 bits per heavy atom. The van der Waals surface area contributed by atoms with Gasteiger partial charge in [-0.3, -0.25) is 0 Å². The average molecular weight is 673 g/mol. The Kier molecular flexibility index (Phi) is 6.59. The van der Waals surface area contributed by atoms with E-state index in [1.807, 2.05) is 0 Å². The Hall–Kier alpha value is -7.03. The number of hydrogen-bond donors (Lipinski definition) is 0. The first-order valence-corrected chi connectivity index (χ1v) is 18.2. The van der Waals surface area contributed by atoms with Crippen molar-refractivity contribution in [3.63, 3.8) is 0 Å². The molecule has 0 aliphatic heterocycles. The Morgan fingerprint density at radius 3 is 1.64 bits per heavy atom. The molecule has 0 radical (unpaired) electrons. The van der Waals surface area contributed by atoms with Crippen LogP contribution in [0, 0.1) is 0 Å². The summed E-state index contributed by atoms with van der Waals surface area (Å²) in [5, 5.41) is 11.0. The highest BCUT2D eigenvalue weighted by atomic mass is 15.0. The van der Waals surface area contributed by atoms with Crippen molar-refractivity contribution in [2.45, 2.75) is 0 Å². The fourth-order valence-electron chi connectivity index (χ4n) is 8.35. The largest absolute Gasteiger partial charge is 0.309 e. The van der Waals surface area contributed by atoms with Gasteiger partial charge in [-0.25, -0.2) is 4.98 Å². The standard InChI is InChI=1S/C51H32N2/c1-2-11-35(12-3-1)50-46-29-28-44-43-14-7-9-17-48(43)53(51(44)49(46)45-15-6-8-16-47(45)52-50)42-26-24-34(25-27-42)37-20-21-40-32-41(23-22-39(40)31-37)38-19-18-33-10-4-5-13-36(33)30-38/h1-32H. The van der Waals surface area contributed by atoms with Gasteiger partial charge >= 0.3 is 0 Å². The van der Waals surface area contributed by atoms with Crippen LogP contribution in [-0.2, 0) is 0 Å². The number of aromatic nitrogens is 2. The summed E-state index contributed by atoms with van der Waals surface area (Å²) in [5.41, 5.74) is 11.5. The smallest absolute Gasteiger partial charge is 0.0788 e. The van der Waals surface area contributed by atoms with Crippen molar-refractivity contribution in [1.29, 1.82) is 0 Å². The van der Waals surface area contributed by atoms with Gasteiger partial charge in [0.15, 0.2) is 0 Å². The summed E-state index contributed by atoms with van der Waals surface area (Å²) in [7, 11) is 0. The average Bonchev–Trinajstić information content (AvgIpc) is 3.57. The molecule has 11 rings (SSSR count). The molecule has 0 saturated heterocycles. The first-order chi connectivity index (χ1) is 26.3. The van der Waals surface area contributed by atoms with Crippen LogP contribution in [0.2, 0.25) is 0 Å². The van der Waals surface area contributed by atoms with Crippen molar-refractivity contribution in [3.8, 4) is 39.2 Å². The van der Waals surface area contributed by atoms with Crippen LogP contribution in [-0.4, -0.2) is 9.55 Å². The third-order valence-corrected chi connectivity index (χ3v) is 10.9. The van der Waals surface area contributed by atoms with Crippen LogP contribution in [0.1, 0.15) is 0 Å². The molecule has 0 fully saturated rings. The lowest BCUT2D eigenvalue weighted by molar-refractivity contribution is 1.19. The van der Waals surface area contributed by atoms with Crippen molar-refractivity contribution in [2.75, 3.05) is 0 Å². The van der Waals surface area contributed by atoms with E-state index in [4.69, 9.17) is 4.98 Å². The van der Waals surface area contributed by atoms with Crippen LogP contribution in [0.3, 0.4) is 0 Å². The van der Waals surface area contributed by atoms with Gasteiger partial charge in [0.2, 0.25) is 0 Å². The van der Waals surface area contributed by atoms with Crippen LogP contribution < -0.4 is 0 Å². The summed E-state index contributed by atoms with van der Waals surface area (Å²) in [6, 6.07) is 70.4. The molecule has 246 valence electrons. The molecular formula is C51H32N2. The topological polar surface area (TPSA) is 17.8 Å². The van der Waals surface area contributed by atoms with E-state index in [1.54, 1.807) is 0 Å². The highest BCUT2D eigenvalue weighted by Crippen LogP contribution is 2.42. The summed E-state index contributed by atoms with van der Waals surface area (Å²) in [4.78, 5) is 5.23. The molecule has 0 aliphatic rings. The van der Waals surface area contributed by atoms with E-state index in [0.29, 0.717) is 0 Å². The van der Waals surface area contributed by atoms with Crippen molar-refractivity contribution in [3.05, 3.63) is 194 Å². The molecule has 0 amide bonds. The second-order valence-corrected chi connectivity index (χ2v) is 14.0. The third kappa shape index (κ3) is 4.77. The Balaban J connectivity index is 1.05. The number of fused-ring (bicyclic) bond motifs is 9. The summed E-state index contributed by atoms with van der Waals surface area (Å²) in [5.74, 6) is 0. The quantitative estimate of drug-likeness (QED) is 0.170. The monoisotopic (exact) mass is 672 g/mol. The molecule has 2 aromatic heterocycles. The van der Waals surface area contributed by atoms with Gasteiger partial charge in [-0.2, -0.15) is 0 Å². The van der Waals surface area contributed by atoms with Crippen LogP contribution in [0.4, 0.5) is 0 Å². The van der Waals surface area contributed by atoms with E-state index in [1.165, 1.54) is 71.0 Å². The Labute approximate surface area is 306 Å². The first-order valence-electron chi connectivity index (χ1n) is 18.2. The Bertz CT molecular complexity index is 3210. The van der Waals surface area contributed by atoms with E-state index in [0.717, 1.165) is 33.2 Å². The number of hydrogen-bond acceptors (Lipinski definition) is 1. The molecule has 53 heavy (non-hydrogen) atoms. The zero-order valence-corrected chi connectivity index (χ0v) is 28.9. The van der Waals surface area contributed by atoms with E-state index < -0.39 is 0 Å². The van der Waals surface area contributed by atoms with Gasteiger partial charge in [0.05, 0.1) is 22.2 Å². The number of benzene rings is 9. The van der Waals surface area contributed by atoms with E-state index in [-0.39, 0.29) is 0 Å². The van der Waals surface area contributed by atoms with E-state index in [2.05, 4.69) is 199 Å². The SMILES string of the molecule is c1ccc(-c2nc3ccccc3c3c2ccc2c4ccccc4n(-c4ccc(-c5ccc6cc(-c7ccc8ccccc8c7)ccc6c5)cc4)c23)cc1. The molecule has 0 bridgehead atoms. The predicted molar refractivity (Wildman–Crippen MR) is 225 cm³/mol. The molecule has 0 unspecified atom stereocenters. The summed E-state index contributed by atoms with van der Waals surface area (Å²) < 4.78 is 2.45. The van der Waals surface area contributed by atoms with Gasteiger partial charge in [-0.05, 0) is 86.3 Å². The summed E-state index contributed by atoms with van der Waals surface area (Å²) >= 11 is 0. The summed E-state index contributed by atoms with van der Waals surface area (Å²) in [6.07, 6.45) is 0. The minimum atomic E-state index is 0.999. The maximum absolute atomic E-state index is 5.23. The highest BCUT2D eigenvalue weighted by molar-refractivity contribution is 6.26. The molecule has 0 saturated carbocycles. The number of para-hydroxylation sites is 2. The molecule has 2 heteroatoms. The minimum absolute atomic E-state index is 0.999. The molecule has 11 aromatic rings. The van der Waals surface area contributed by atoms with Crippen molar-refractivity contribution >= 4 is 65.0 Å². The lowest BCUT2D eigenvalue weighted by Crippen LogP contribution is -1.96. The lowest BCUT2D eigenvalue weighted by Gasteiger charge is -2.15. The number of nitrogens with zero attached hydrogens (tertiary/aromatic N) is 2. The molecule has 0 atom stereocenters. The maximum atomic E-state index is 5.23. The van der Waals surface area contributed by atoms with Crippen LogP contribution in [0.25, 0.3) is 104 Å². The zero-order chi connectivity index (χ0) is 34.9. The fourth-order valence-corrected chi connectivity index (χ4v) is 8.35. The van der Waals surface area contributed by atoms with E-state index >= 15 is 0 Å². The number of pyridine rings is 1. The molecule has 2 nitrogen and oxygen atoms in total. The molecule has 2 heterocycles. The third-order valence-electron chi connectivity index (χ3n) is 10.9. The molecular weight excluding hydrogens is 641 g/mol. The normalized spacial score (nSPS) is 11.8. The van der Waals surface area contributed by atoms with Gasteiger partial charge in [-0.1, -0.05) is 152 Å². The number of rotatable bonds is 4. The Morgan fingerprint density at radius 1 is 0.340 bits per heavy atom. The van der Waals surface area contributed by atoms with Crippen LogP contribution in [0.5, 0.6) is 0 Å². The van der Waals surface area contributed by atoms with Gasteiger partial charge in [0, 0.05) is 38.2 Å². The molecule has 0 N–H and O–H groups in total. The predicted octanol–water partition coefficient (Wildman–Crippen LogP) is 13.8. The highest BCUT2D eigenvalue weighted by Gasteiger charge is 2.19. The minimum Gasteiger partial charge on any atom is -0.309 e. The first kappa shape index (κ1) is 29.7. The van der Waals surface area contributed by atoms with Gasteiger partial charge < -0.3 is 4.57 Å². The van der Waals surface area contributed by atoms with Gasteiger partial charge in [-0.15, -0.1) is 0 Å². The zero-order valence-electron chi connectivity index (χ0n) is 28.9. The summed E-state index contributed by atoms with van der Waals surface area (Å²) in [6.45, 7) is 0. The van der Waals surface area contributed by atoms with Crippen LogP contribution >= 0.6 is 0 Å². The lowest BCUT2D eigenvalue weighted by atomic mass is 9.96. The van der Waals surface area contributed by atoms with Crippen molar-refractivity contribution < 1.29 is 0 Å². The molecule has 9 aromatic carbocycles. The van der Waals surface area contributed by atoms with Gasteiger partial charge in [0.1, 0.15) is 0 Å².